The molecule has 0 fully saturated rings. The van der Waals surface area contributed by atoms with E-state index in [0.29, 0.717) is 24.5 Å². The second-order valence-corrected chi connectivity index (χ2v) is 9.60. The maximum atomic E-state index is 13.5. The summed E-state index contributed by atoms with van der Waals surface area (Å²) in [4.78, 5) is 30.3. The van der Waals surface area contributed by atoms with Gasteiger partial charge in [0.05, 0.1) is 32.6 Å². The van der Waals surface area contributed by atoms with Crippen molar-refractivity contribution in [2.75, 3.05) is 25.7 Å². The van der Waals surface area contributed by atoms with Gasteiger partial charge in [0, 0.05) is 29.6 Å². The van der Waals surface area contributed by atoms with Crippen LogP contribution in [0.1, 0.15) is 58.2 Å². The van der Waals surface area contributed by atoms with E-state index >= 15 is 0 Å². The first-order valence-corrected chi connectivity index (χ1v) is 11.7. The quantitative estimate of drug-likeness (QED) is 0.554. The molecule has 184 valence electrons. The molecule has 0 radical (unpaired) electrons. The van der Waals surface area contributed by atoms with Crippen molar-refractivity contribution in [3.63, 3.8) is 0 Å². The number of benzene rings is 2. The van der Waals surface area contributed by atoms with Gasteiger partial charge in [-0.15, -0.1) is 0 Å². The Balaban J connectivity index is 2.18. The minimum Gasteiger partial charge on any atom is -0.493 e. The molecule has 0 unspecified atom stereocenters. The fraction of sp³-hybridized carbons (Fsp3) is 0.481. The highest BCUT2D eigenvalue weighted by Gasteiger charge is 2.42. The third-order valence-electron chi connectivity index (χ3n) is 6.09. The first-order chi connectivity index (χ1) is 16.1. The van der Waals surface area contributed by atoms with E-state index in [1.807, 2.05) is 75.1 Å². The zero-order chi connectivity index (χ0) is 25.0. The number of carbonyl (C=O) groups excluding carboxylic acids is 2. The Kier molecular flexibility index (Phi) is 7.75. The maximum absolute atomic E-state index is 13.5. The van der Waals surface area contributed by atoms with Crippen LogP contribution in [0.15, 0.2) is 42.5 Å². The summed E-state index contributed by atoms with van der Waals surface area (Å²) in [5, 5.41) is 0. The fourth-order valence-electron chi connectivity index (χ4n) is 4.41. The van der Waals surface area contributed by atoms with Gasteiger partial charge in [-0.2, -0.15) is 0 Å². The van der Waals surface area contributed by atoms with Gasteiger partial charge in [-0.1, -0.05) is 51.1 Å². The van der Waals surface area contributed by atoms with E-state index in [0.717, 1.165) is 16.8 Å². The average molecular weight is 469 g/mol. The molecule has 3 rings (SSSR count). The van der Waals surface area contributed by atoms with Gasteiger partial charge in [0.2, 0.25) is 5.91 Å². The highest BCUT2D eigenvalue weighted by atomic mass is 16.6. The summed E-state index contributed by atoms with van der Waals surface area (Å²) in [6.45, 7) is 10.2. The lowest BCUT2D eigenvalue weighted by Gasteiger charge is -2.45. The fourth-order valence-corrected chi connectivity index (χ4v) is 4.41. The van der Waals surface area contributed by atoms with Crippen LogP contribution in [0, 0.1) is 5.41 Å². The highest BCUT2D eigenvalue weighted by Crippen LogP contribution is 2.47. The Bertz CT molecular complexity index is 1020. The zero-order valence-electron chi connectivity index (χ0n) is 21.3. The predicted octanol–water partition coefficient (Wildman–Crippen LogP) is 5.57. The summed E-state index contributed by atoms with van der Waals surface area (Å²) < 4.78 is 16.6. The lowest BCUT2D eigenvalue weighted by atomic mass is 9.86. The van der Waals surface area contributed by atoms with Gasteiger partial charge in [-0.3, -0.25) is 9.69 Å². The number of nitrogens with zero attached hydrogens (tertiary/aromatic N) is 2. The van der Waals surface area contributed by atoms with Crippen LogP contribution in [0.3, 0.4) is 0 Å². The first-order valence-electron chi connectivity index (χ1n) is 11.7. The van der Waals surface area contributed by atoms with Crippen molar-refractivity contribution >= 4 is 17.7 Å². The molecule has 0 aromatic heterocycles. The molecule has 34 heavy (non-hydrogen) atoms. The Labute approximate surface area is 202 Å². The van der Waals surface area contributed by atoms with Crippen LogP contribution in [0.4, 0.5) is 10.5 Å². The normalized spacial score (nSPS) is 17.6. The second-order valence-electron chi connectivity index (χ2n) is 9.60. The number of amides is 2. The van der Waals surface area contributed by atoms with E-state index in [2.05, 4.69) is 0 Å². The molecule has 0 bridgehead atoms. The first kappa shape index (κ1) is 25.4. The number of hydrogen-bond acceptors (Lipinski definition) is 5. The molecule has 2 aromatic carbocycles. The van der Waals surface area contributed by atoms with Gasteiger partial charge in [0.1, 0.15) is 0 Å². The van der Waals surface area contributed by atoms with Crippen LogP contribution in [0.25, 0.3) is 0 Å². The molecule has 0 saturated heterocycles. The van der Waals surface area contributed by atoms with E-state index in [1.54, 1.807) is 26.0 Å². The molecule has 1 aliphatic rings. The number of carbonyl (C=O) groups is 2. The smallest absolute Gasteiger partial charge is 0.410 e. The third kappa shape index (κ3) is 5.13. The number of methoxy groups -OCH3 is 2. The lowest BCUT2D eigenvalue weighted by molar-refractivity contribution is -0.126. The van der Waals surface area contributed by atoms with Crippen molar-refractivity contribution in [1.29, 1.82) is 0 Å². The summed E-state index contributed by atoms with van der Waals surface area (Å²) in [5.41, 5.74) is 1.98. The highest BCUT2D eigenvalue weighted by molar-refractivity contribution is 5.99. The summed E-state index contributed by atoms with van der Waals surface area (Å²) in [7, 11) is 3.15. The van der Waals surface area contributed by atoms with E-state index in [-0.39, 0.29) is 30.7 Å². The molecule has 1 heterocycles. The molecule has 0 aliphatic carbocycles. The molecule has 0 spiro atoms. The third-order valence-corrected chi connectivity index (χ3v) is 6.09. The zero-order valence-corrected chi connectivity index (χ0v) is 21.3. The molecule has 0 saturated carbocycles. The van der Waals surface area contributed by atoms with Crippen molar-refractivity contribution in [2.24, 2.45) is 5.41 Å². The van der Waals surface area contributed by atoms with Gasteiger partial charge in [-0.25, -0.2) is 4.79 Å². The molecule has 7 nitrogen and oxygen atoms in total. The topological polar surface area (TPSA) is 68.3 Å². The van der Waals surface area contributed by atoms with Gasteiger partial charge in [-0.05, 0) is 31.9 Å². The van der Waals surface area contributed by atoms with Gasteiger partial charge >= 0.3 is 6.09 Å². The van der Waals surface area contributed by atoms with Crippen molar-refractivity contribution in [3.8, 4) is 11.5 Å². The van der Waals surface area contributed by atoms with Crippen LogP contribution in [-0.4, -0.2) is 43.8 Å². The van der Waals surface area contributed by atoms with Gasteiger partial charge < -0.3 is 19.1 Å². The summed E-state index contributed by atoms with van der Waals surface area (Å²) >= 11 is 0. The molecular formula is C27H36N2O5. The van der Waals surface area contributed by atoms with E-state index in [1.165, 1.54) is 0 Å². The number of ether oxygens (including phenoxy) is 3. The van der Waals surface area contributed by atoms with E-state index in [9.17, 15) is 9.59 Å². The Hall–Kier alpha value is -3.22. The molecule has 2 amide bonds. The molecule has 0 N–H and O–H groups in total. The standard InChI is InChI=1S/C27H36N2O5/c1-8-34-26(31)28(17-19-12-10-9-11-13-19)21-14-18(2)29(25(30)27(3,4)5)22-16-24(33-7)23(32-6)15-20(21)22/h9-13,15-16,18,21H,8,14,17H2,1-7H3/t18-,21+/m1/s1. The molecule has 2 atom stereocenters. The number of hydrogen-bond donors (Lipinski definition) is 0. The van der Waals surface area contributed by atoms with Gasteiger partial charge in [0.25, 0.3) is 0 Å². The second kappa shape index (κ2) is 10.4. The monoisotopic (exact) mass is 468 g/mol. The van der Waals surface area contributed by atoms with E-state index < -0.39 is 5.41 Å². The van der Waals surface area contributed by atoms with E-state index in [4.69, 9.17) is 14.2 Å². The summed E-state index contributed by atoms with van der Waals surface area (Å²) in [6.07, 6.45) is 0.176. The average Bonchev–Trinajstić information content (AvgIpc) is 2.81. The van der Waals surface area contributed by atoms with Crippen LogP contribution >= 0.6 is 0 Å². The van der Waals surface area contributed by atoms with Crippen LogP contribution in [-0.2, 0) is 16.1 Å². The molecule has 1 aliphatic heterocycles. The number of fused-ring (bicyclic) bond motifs is 1. The van der Waals surface area contributed by atoms with Crippen molar-refractivity contribution in [1.82, 2.24) is 4.90 Å². The van der Waals surface area contributed by atoms with Crippen LogP contribution < -0.4 is 14.4 Å². The Morgan fingerprint density at radius 3 is 2.24 bits per heavy atom. The summed E-state index contributed by atoms with van der Waals surface area (Å²) in [5.74, 6) is 1.09. The molecule has 7 heteroatoms. The molecular weight excluding hydrogens is 432 g/mol. The molecule has 2 aromatic rings. The van der Waals surface area contributed by atoms with Crippen molar-refractivity contribution in [3.05, 3.63) is 53.6 Å². The minimum atomic E-state index is -0.573. The van der Waals surface area contributed by atoms with Crippen LogP contribution in [0.2, 0.25) is 0 Å². The summed E-state index contributed by atoms with van der Waals surface area (Å²) in [6, 6.07) is 13.1. The SMILES string of the molecule is CCOC(=O)N(Cc1ccccc1)[C@H]1C[C@@H](C)N(C(=O)C(C)(C)C)c2cc(OC)c(OC)cc21. The largest absolute Gasteiger partial charge is 0.493 e. The Morgan fingerprint density at radius 1 is 1.06 bits per heavy atom. The minimum absolute atomic E-state index is 0.0117. The van der Waals surface area contributed by atoms with Crippen molar-refractivity contribution in [2.45, 2.75) is 59.7 Å². The lowest BCUT2D eigenvalue weighted by Crippen LogP contribution is -2.50. The van der Waals surface area contributed by atoms with Crippen molar-refractivity contribution < 1.29 is 23.8 Å². The predicted molar refractivity (Wildman–Crippen MR) is 132 cm³/mol. The maximum Gasteiger partial charge on any atom is 0.410 e. The number of rotatable bonds is 6. The Morgan fingerprint density at radius 2 is 1.68 bits per heavy atom. The van der Waals surface area contributed by atoms with Gasteiger partial charge in [0.15, 0.2) is 11.5 Å². The number of anilines is 1. The van der Waals surface area contributed by atoms with Crippen LogP contribution in [0.5, 0.6) is 11.5 Å².